The molecule has 0 saturated heterocycles. The van der Waals surface area contributed by atoms with Gasteiger partial charge >= 0.3 is 0 Å². The van der Waals surface area contributed by atoms with Crippen LogP contribution in [0.3, 0.4) is 0 Å². The Morgan fingerprint density at radius 1 is 1.50 bits per heavy atom. The molecule has 0 aliphatic carbocycles. The summed E-state index contributed by atoms with van der Waals surface area (Å²) >= 11 is 0. The fraction of sp³-hybridized carbons (Fsp3) is 0.750. The van der Waals surface area contributed by atoms with E-state index in [0.29, 0.717) is 6.04 Å². The molecule has 0 aromatic carbocycles. The van der Waals surface area contributed by atoms with Crippen LogP contribution in [0.15, 0.2) is 12.4 Å². The molecule has 1 heterocycles. The van der Waals surface area contributed by atoms with Gasteiger partial charge in [0.1, 0.15) is 0 Å². The van der Waals surface area contributed by atoms with Crippen molar-refractivity contribution in [3.05, 3.63) is 12.4 Å². The van der Waals surface area contributed by atoms with E-state index in [9.17, 15) is 0 Å². The van der Waals surface area contributed by atoms with E-state index in [1.54, 1.807) is 0 Å². The Kier molecular flexibility index (Phi) is 2.20. The topological polar surface area (TPSA) is 6.48 Å². The first-order chi connectivity index (χ1) is 4.74. The Bertz CT molecular complexity index is 131. The molecular formula is C8H16N2. The van der Waals surface area contributed by atoms with Crippen molar-refractivity contribution >= 4 is 0 Å². The van der Waals surface area contributed by atoms with Crippen LogP contribution in [0.1, 0.15) is 20.3 Å². The van der Waals surface area contributed by atoms with E-state index in [-0.39, 0.29) is 0 Å². The normalized spacial score (nSPS) is 20.3. The fourth-order valence-corrected chi connectivity index (χ4v) is 1.07. The number of hydrogen-bond donors (Lipinski definition) is 0. The lowest BCUT2D eigenvalue weighted by molar-refractivity contribution is 0.237. The lowest BCUT2D eigenvalue weighted by Crippen LogP contribution is -2.29. The molecule has 1 aliphatic rings. The molecule has 10 heavy (non-hydrogen) atoms. The van der Waals surface area contributed by atoms with Crippen molar-refractivity contribution < 1.29 is 0 Å². The van der Waals surface area contributed by atoms with Crippen LogP contribution >= 0.6 is 0 Å². The maximum absolute atomic E-state index is 2.35. The highest BCUT2D eigenvalue weighted by Crippen LogP contribution is 2.10. The van der Waals surface area contributed by atoms with Crippen molar-refractivity contribution in [1.29, 1.82) is 0 Å². The molecule has 1 unspecified atom stereocenters. The third-order valence-corrected chi connectivity index (χ3v) is 2.06. The zero-order valence-electron chi connectivity index (χ0n) is 7.04. The quantitative estimate of drug-likeness (QED) is 0.573. The van der Waals surface area contributed by atoms with Gasteiger partial charge in [0, 0.05) is 25.5 Å². The maximum Gasteiger partial charge on any atom is 0.0893 e. The van der Waals surface area contributed by atoms with Crippen LogP contribution in [0, 0.1) is 0 Å². The van der Waals surface area contributed by atoms with Crippen LogP contribution < -0.4 is 0 Å². The van der Waals surface area contributed by atoms with Crippen molar-refractivity contribution in [2.24, 2.45) is 0 Å². The SMILES string of the molecule is CCC(C)N1C=CN(C)C1. The minimum atomic E-state index is 0.682. The second-order valence-electron chi connectivity index (χ2n) is 2.97. The van der Waals surface area contributed by atoms with Crippen molar-refractivity contribution in [3.63, 3.8) is 0 Å². The standard InChI is InChI=1S/C8H16N2/c1-4-8(2)10-6-5-9(3)7-10/h5-6,8H,4,7H2,1-3H3. The molecule has 0 spiro atoms. The van der Waals surface area contributed by atoms with Gasteiger partial charge in [-0.3, -0.25) is 0 Å². The number of nitrogens with zero attached hydrogens (tertiary/aromatic N) is 2. The largest absolute Gasteiger partial charge is 0.362 e. The lowest BCUT2D eigenvalue weighted by Gasteiger charge is -2.24. The first-order valence-electron chi connectivity index (χ1n) is 3.88. The average molecular weight is 140 g/mol. The van der Waals surface area contributed by atoms with Gasteiger partial charge in [-0.1, -0.05) is 6.92 Å². The summed E-state index contributed by atoms with van der Waals surface area (Å²) in [6.07, 6.45) is 5.50. The van der Waals surface area contributed by atoms with Gasteiger partial charge in [0.25, 0.3) is 0 Å². The van der Waals surface area contributed by atoms with E-state index >= 15 is 0 Å². The van der Waals surface area contributed by atoms with Crippen molar-refractivity contribution in [2.45, 2.75) is 26.3 Å². The monoisotopic (exact) mass is 140 g/mol. The molecule has 0 saturated carbocycles. The Morgan fingerprint density at radius 3 is 2.60 bits per heavy atom. The highest BCUT2D eigenvalue weighted by atomic mass is 15.3. The minimum absolute atomic E-state index is 0.682. The highest BCUT2D eigenvalue weighted by molar-refractivity contribution is 4.90. The molecule has 0 aromatic heterocycles. The summed E-state index contributed by atoms with van der Waals surface area (Å²) in [5.74, 6) is 0. The van der Waals surface area contributed by atoms with Crippen molar-refractivity contribution in [2.75, 3.05) is 13.7 Å². The first kappa shape index (κ1) is 7.45. The summed E-state index contributed by atoms with van der Waals surface area (Å²) < 4.78 is 0. The zero-order valence-corrected chi connectivity index (χ0v) is 7.04. The predicted octanol–water partition coefficient (Wildman–Crippen LogP) is 1.46. The maximum atomic E-state index is 2.35. The van der Waals surface area contributed by atoms with E-state index in [1.807, 2.05) is 0 Å². The average Bonchev–Trinajstić information content (AvgIpc) is 2.34. The van der Waals surface area contributed by atoms with Crippen molar-refractivity contribution in [1.82, 2.24) is 9.80 Å². The molecule has 2 heteroatoms. The summed E-state index contributed by atoms with van der Waals surface area (Å²) in [5.41, 5.74) is 0. The molecule has 0 N–H and O–H groups in total. The molecule has 2 nitrogen and oxygen atoms in total. The summed E-state index contributed by atoms with van der Waals surface area (Å²) in [6.45, 7) is 5.52. The Morgan fingerprint density at radius 2 is 2.20 bits per heavy atom. The fourth-order valence-electron chi connectivity index (χ4n) is 1.07. The van der Waals surface area contributed by atoms with E-state index < -0.39 is 0 Å². The second kappa shape index (κ2) is 2.95. The molecular weight excluding hydrogens is 124 g/mol. The molecule has 0 fully saturated rings. The van der Waals surface area contributed by atoms with Crippen LogP contribution in [-0.4, -0.2) is 29.6 Å². The summed E-state index contributed by atoms with van der Waals surface area (Å²) in [4.78, 5) is 4.53. The molecule has 0 radical (unpaired) electrons. The second-order valence-corrected chi connectivity index (χ2v) is 2.97. The summed E-state index contributed by atoms with van der Waals surface area (Å²) in [7, 11) is 2.10. The Labute approximate surface area is 63.1 Å². The van der Waals surface area contributed by atoms with E-state index in [4.69, 9.17) is 0 Å². The van der Waals surface area contributed by atoms with Crippen LogP contribution in [0.5, 0.6) is 0 Å². The van der Waals surface area contributed by atoms with Gasteiger partial charge in [-0.2, -0.15) is 0 Å². The van der Waals surface area contributed by atoms with E-state index in [0.717, 1.165) is 6.67 Å². The number of hydrogen-bond acceptors (Lipinski definition) is 2. The van der Waals surface area contributed by atoms with Crippen LogP contribution in [-0.2, 0) is 0 Å². The molecule has 58 valence electrons. The minimum Gasteiger partial charge on any atom is -0.362 e. The van der Waals surface area contributed by atoms with Gasteiger partial charge in [-0.15, -0.1) is 0 Å². The van der Waals surface area contributed by atoms with Gasteiger partial charge in [0.05, 0.1) is 6.67 Å². The molecule has 0 aromatic rings. The smallest absolute Gasteiger partial charge is 0.0893 e. The third kappa shape index (κ3) is 1.43. The first-order valence-corrected chi connectivity index (χ1v) is 3.88. The predicted molar refractivity (Wildman–Crippen MR) is 43.4 cm³/mol. The van der Waals surface area contributed by atoms with E-state index in [2.05, 4.69) is 43.1 Å². The molecule has 0 bridgehead atoms. The zero-order chi connectivity index (χ0) is 7.56. The summed E-state index contributed by atoms with van der Waals surface area (Å²) in [5, 5.41) is 0. The van der Waals surface area contributed by atoms with Gasteiger partial charge in [0.15, 0.2) is 0 Å². The van der Waals surface area contributed by atoms with Gasteiger partial charge in [-0.05, 0) is 13.3 Å². The molecule has 1 atom stereocenters. The molecule has 0 amide bonds. The van der Waals surface area contributed by atoms with Gasteiger partial charge in [0.2, 0.25) is 0 Å². The Balaban J connectivity index is 2.38. The molecule has 1 rings (SSSR count). The lowest BCUT2D eigenvalue weighted by atomic mass is 10.2. The van der Waals surface area contributed by atoms with Gasteiger partial charge < -0.3 is 9.80 Å². The van der Waals surface area contributed by atoms with Crippen LogP contribution in [0.2, 0.25) is 0 Å². The Hall–Kier alpha value is -0.660. The number of rotatable bonds is 2. The highest BCUT2D eigenvalue weighted by Gasteiger charge is 2.12. The van der Waals surface area contributed by atoms with Crippen LogP contribution in [0.25, 0.3) is 0 Å². The van der Waals surface area contributed by atoms with Crippen molar-refractivity contribution in [3.8, 4) is 0 Å². The van der Waals surface area contributed by atoms with Gasteiger partial charge in [-0.25, -0.2) is 0 Å². The van der Waals surface area contributed by atoms with E-state index in [1.165, 1.54) is 6.42 Å². The summed E-state index contributed by atoms with van der Waals surface area (Å²) in [6, 6.07) is 0.682. The third-order valence-electron chi connectivity index (χ3n) is 2.06. The van der Waals surface area contributed by atoms with Crippen LogP contribution in [0.4, 0.5) is 0 Å². The molecule has 1 aliphatic heterocycles.